The molecule has 1 aromatic carbocycles. The number of nitrogens with zero attached hydrogens (tertiary/aromatic N) is 2. The zero-order chi connectivity index (χ0) is 18.8. The molecule has 2 aliphatic heterocycles. The summed E-state index contributed by atoms with van der Waals surface area (Å²) in [5.41, 5.74) is 0.746. The second kappa shape index (κ2) is 7.27. The molecule has 0 aliphatic carbocycles. The number of rotatable bonds is 6. The van der Waals surface area contributed by atoms with Crippen molar-refractivity contribution in [2.24, 2.45) is 0 Å². The van der Waals surface area contributed by atoms with E-state index in [1.807, 2.05) is 0 Å². The summed E-state index contributed by atoms with van der Waals surface area (Å²) in [6.07, 6.45) is -0.910. The van der Waals surface area contributed by atoms with Crippen molar-refractivity contribution in [3.05, 3.63) is 23.5 Å². The van der Waals surface area contributed by atoms with E-state index < -0.39 is 24.7 Å². The summed E-state index contributed by atoms with van der Waals surface area (Å²) in [7, 11) is 0. The van der Waals surface area contributed by atoms with E-state index in [0.717, 1.165) is 11.0 Å². The van der Waals surface area contributed by atoms with Gasteiger partial charge in [0.25, 0.3) is 0 Å². The van der Waals surface area contributed by atoms with Crippen LogP contribution in [-0.4, -0.2) is 50.3 Å². The van der Waals surface area contributed by atoms with Gasteiger partial charge in [0.05, 0.1) is 37.4 Å². The number of cyclic esters (lactones) is 1. The zero-order valence-electron chi connectivity index (χ0n) is 14.3. The van der Waals surface area contributed by atoms with E-state index in [-0.39, 0.29) is 49.2 Å². The van der Waals surface area contributed by atoms with Crippen molar-refractivity contribution in [3.8, 4) is 0 Å². The third-order valence-electron chi connectivity index (χ3n) is 4.38. The molecule has 0 radical (unpaired) electrons. The molecule has 1 N–H and O–H groups in total. The van der Waals surface area contributed by atoms with Crippen LogP contribution < -0.4 is 15.1 Å². The highest BCUT2D eigenvalue weighted by Gasteiger charge is 2.36. The van der Waals surface area contributed by atoms with Gasteiger partial charge in [0.1, 0.15) is 18.6 Å². The van der Waals surface area contributed by atoms with Crippen LogP contribution in [0.1, 0.15) is 18.9 Å². The number of fused-ring (bicyclic) bond motifs is 1. The van der Waals surface area contributed by atoms with E-state index >= 15 is 0 Å². The molecule has 7 nitrogen and oxygen atoms in total. The normalized spacial score (nSPS) is 19.0. The number of hydrogen-bond acceptors (Lipinski definition) is 4. The molecule has 9 heteroatoms. The maximum atomic E-state index is 14.5. The van der Waals surface area contributed by atoms with E-state index in [1.165, 1.54) is 4.90 Å². The maximum Gasteiger partial charge on any atom is 0.414 e. The largest absolute Gasteiger partial charge is 0.442 e. The smallest absolute Gasteiger partial charge is 0.414 e. The topological polar surface area (TPSA) is 79.0 Å². The Morgan fingerprint density at radius 3 is 2.85 bits per heavy atom. The third-order valence-corrected chi connectivity index (χ3v) is 4.38. The van der Waals surface area contributed by atoms with E-state index in [2.05, 4.69) is 5.32 Å². The number of anilines is 2. The Morgan fingerprint density at radius 1 is 1.38 bits per heavy atom. The lowest BCUT2D eigenvalue weighted by Gasteiger charge is -2.18. The number of carbonyl (C=O) groups excluding carboxylic acids is 3. The number of benzene rings is 1. The molecule has 0 spiro atoms. The van der Waals surface area contributed by atoms with Gasteiger partial charge in [-0.15, -0.1) is 0 Å². The summed E-state index contributed by atoms with van der Waals surface area (Å²) in [5.74, 6) is -1.22. The molecule has 1 aromatic rings. The number of halogens is 2. The lowest BCUT2D eigenvalue weighted by molar-refractivity contribution is -0.121. The van der Waals surface area contributed by atoms with Gasteiger partial charge < -0.3 is 15.0 Å². The van der Waals surface area contributed by atoms with E-state index in [4.69, 9.17) is 4.74 Å². The van der Waals surface area contributed by atoms with Crippen molar-refractivity contribution in [2.75, 3.05) is 36.1 Å². The first kappa shape index (κ1) is 18.1. The SMILES string of the molecule is CCC(=O)NC[C@H]1CN(c2cc(F)c3c(c2)CC(=O)N3CCF)C(=O)O1. The highest BCUT2D eigenvalue weighted by atomic mass is 19.1. The monoisotopic (exact) mass is 367 g/mol. The van der Waals surface area contributed by atoms with Crippen LogP contribution in [0.2, 0.25) is 0 Å². The van der Waals surface area contributed by atoms with Gasteiger partial charge in [0, 0.05) is 6.42 Å². The molecule has 26 heavy (non-hydrogen) atoms. The third kappa shape index (κ3) is 3.33. The van der Waals surface area contributed by atoms with Gasteiger partial charge in [0.15, 0.2) is 0 Å². The van der Waals surface area contributed by atoms with Crippen molar-refractivity contribution >= 4 is 29.3 Å². The minimum absolute atomic E-state index is 0.0427. The zero-order valence-corrected chi connectivity index (χ0v) is 14.3. The molecular formula is C17H19F2N3O4. The summed E-state index contributed by atoms with van der Waals surface area (Å²) >= 11 is 0. The van der Waals surface area contributed by atoms with Crippen LogP contribution in [0.5, 0.6) is 0 Å². The minimum atomic E-state index is -0.768. The van der Waals surface area contributed by atoms with Crippen molar-refractivity contribution in [3.63, 3.8) is 0 Å². The minimum Gasteiger partial charge on any atom is -0.442 e. The Balaban J connectivity index is 1.78. The van der Waals surface area contributed by atoms with Gasteiger partial charge in [-0.1, -0.05) is 6.92 Å². The standard InChI is InChI=1S/C17H19F2N3O4/c1-2-14(23)20-8-12-9-22(17(25)26-12)11-5-10-6-15(24)21(4-3-18)16(10)13(19)7-11/h5,7,12H,2-4,6,8-9H2,1H3,(H,20,23)/t12-/m0/s1. The quantitative estimate of drug-likeness (QED) is 0.827. The molecule has 2 heterocycles. The van der Waals surface area contributed by atoms with Gasteiger partial charge >= 0.3 is 6.09 Å². The number of carbonyl (C=O) groups is 3. The lowest BCUT2D eigenvalue weighted by atomic mass is 10.1. The van der Waals surface area contributed by atoms with Crippen molar-refractivity contribution in [1.82, 2.24) is 5.32 Å². The van der Waals surface area contributed by atoms with Crippen molar-refractivity contribution in [2.45, 2.75) is 25.9 Å². The summed E-state index contributed by atoms with van der Waals surface area (Å²) in [6, 6.07) is 2.68. The fraction of sp³-hybridized carbons (Fsp3) is 0.471. The summed E-state index contributed by atoms with van der Waals surface area (Å²) in [4.78, 5) is 37.7. The molecule has 1 saturated heterocycles. The molecular weight excluding hydrogens is 348 g/mol. The summed E-state index contributed by atoms with van der Waals surface area (Å²) in [5, 5.41) is 2.64. The first-order valence-electron chi connectivity index (χ1n) is 8.38. The van der Waals surface area contributed by atoms with Gasteiger partial charge in [0.2, 0.25) is 11.8 Å². The van der Waals surface area contributed by atoms with Gasteiger partial charge in [-0.2, -0.15) is 0 Å². The highest BCUT2D eigenvalue weighted by molar-refractivity contribution is 6.02. The first-order valence-corrected chi connectivity index (χ1v) is 8.38. The van der Waals surface area contributed by atoms with Crippen LogP contribution in [0.25, 0.3) is 0 Å². The van der Waals surface area contributed by atoms with Crippen molar-refractivity contribution in [1.29, 1.82) is 0 Å². The Labute approximate surface area is 148 Å². The van der Waals surface area contributed by atoms with Crippen LogP contribution in [0.4, 0.5) is 25.0 Å². The van der Waals surface area contributed by atoms with Crippen LogP contribution >= 0.6 is 0 Å². The van der Waals surface area contributed by atoms with E-state index in [1.54, 1.807) is 13.0 Å². The number of nitrogens with one attached hydrogen (secondary N) is 1. The average Bonchev–Trinajstić information content (AvgIpc) is 3.13. The second-order valence-corrected chi connectivity index (χ2v) is 6.12. The molecule has 3 amide bonds. The molecule has 3 rings (SSSR count). The van der Waals surface area contributed by atoms with Crippen LogP contribution in [0.15, 0.2) is 12.1 Å². The highest BCUT2D eigenvalue weighted by Crippen LogP contribution is 2.36. The summed E-state index contributed by atoms with van der Waals surface area (Å²) in [6.45, 7) is 1.07. The molecule has 0 bridgehead atoms. The van der Waals surface area contributed by atoms with Gasteiger partial charge in [-0.05, 0) is 17.7 Å². The van der Waals surface area contributed by atoms with Crippen LogP contribution in [-0.2, 0) is 20.7 Å². The van der Waals surface area contributed by atoms with Crippen molar-refractivity contribution < 1.29 is 27.9 Å². The molecule has 140 valence electrons. The number of alkyl halides is 1. The number of amides is 3. The van der Waals surface area contributed by atoms with E-state index in [9.17, 15) is 23.2 Å². The predicted octanol–water partition coefficient (Wildman–Crippen LogP) is 1.54. The van der Waals surface area contributed by atoms with Gasteiger partial charge in [-0.3, -0.25) is 14.5 Å². The molecule has 2 aliphatic rings. The maximum absolute atomic E-state index is 14.5. The average molecular weight is 367 g/mol. The molecule has 0 unspecified atom stereocenters. The second-order valence-electron chi connectivity index (χ2n) is 6.12. The number of hydrogen-bond donors (Lipinski definition) is 1. The fourth-order valence-corrected chi connectivity index (χ4v) is 3.13. The van der Waals surface area contributed by atoms with Crippen LogP contribution in [0.3, 0.4) is 0 Å². The first-order chi connectivity index (χ1) is 12.4. The van der Waals surface area contributed by atoms with Crippen LogP contribution in [0, 0.1) is 5.82 Å². The summed E-state index contributed by atoms with van der Waals surface area (Å²) < 4.78 is 32.3. The Hall–Kier alpha value is -2.71. The van der Waals surface area contributed by atoms with Gasteiger partial charge in [-0.25, -0.2) is 13.6 Å². The predicted molar refractivity (Wildman–Crippen MR) is 89.3 cm³/mol. The Morgan fingerprint density at radius 2 is 2.15 bits per heavy atom. The Bertz CT molecular complexity index is 756. The molecule has 0 aromatic heterocycles. The van der Waals surface area contributed by atoms with E-state index in [0.29, 0.717) is 12.0 Å². The Kier molecular flexibility index (Phi) is 5.06. The number of ether oxygens (including phenoxy) is 1. The lowest BCUT2D eigenvalue weighted by Crippen LogP contribution is -2.34. The molecule has 1 fully saturated rings. The molecule has 0 saturated carbocycles. The molecule has 1 atom stereocenters. The fourth-order valence-electron chi connectivity index (χ4n) is 3.13.